The van der Waals surface area contributed by atoms with Gasteiger partial charge in [0.25, 0.3) is 0 Å². The van der Waals surface area contributed by atoms with Crippen molar-refractivity contribution in [2.75, 3.05) is 6.61 Å². The maximum absolute atomic E-state index is 12.7. The number of hydrogen-bond donors (Lipinski definition) is 1. The Morgan fingerprint density at radius 1 is 0.750 bits per heavy atom. The van der Waals surface area contributed by atoms with Gasteiger partial charge in [0.2, 0.25) is 0 Å². The molecule has 0 saturated heterocycles. The van der Waals surface area contributed by atoms with E-state index in [1.54, 1.807) is 62.3 Å². The van der Waals surface area contributed by atoms with Crippen LogP contribution in [0.3, 0.4) is 0 Å². The number of ether oxygens (including phenoxy) is 3. The lowest BCUT2D eigenvalue weighted by Gasteiger charge is -2.33. The van der Waals surface area contributed by atoms with Gasteiger partial charge in [-0.3, -0.25) is 4.79 Å². The minimum atomic E-state index is -1.65. The second-order valence-corrected chi connectivity index (χ2v) is 9.28. The fraction of sp³-hybridized carbons (Fsp3) is 0.789. The summed E-state index contributed by atoms with van der Waals surface area (Å²) in [7, 11) is 0. The maximum Gasteiger partial charge on any atom is 0.420 e. The topological polar surface area (TPSA) is 119 Å². The van der Waals surface area contributed by atoms with Gasteiger partial charge in [-0.1, -0.05) is 0 Å². The molecule has 0 rings (SSSR count). The van der Waals surface area contributed by atoms with Crippen molar-refractivity contribution in [3.05, 3.63) is 0 Å². The Morgan fingerprint density at radius 3 is 1.39 bits per heavy atom. The van der Waals surface area contributed by atoms with Crippen LogP contribution in [0, 0.1) is 0 Å². The molecule has 0 aliphatic carbocycles. The number of amides is 2. The first kappa shape index (κ1) is 25.8. The predicted molar refractivity (Wildman–Crippen MR) is 101 cm³/mol. The Bertz CT molecular complexity index is 565. The van der Waals surface area contributed by atoms with Crippen LogP contribution in [0.2, 0.25) is 0 Å². The zero-order valence-electron chi connectivity index (χ0n) is 18.2. The van der Waals surface area contributed by atoms with Gasteiger partial charge in [-0.05, 0) is 62.3 Å². The van der Waals surface area contributed by atoms with Crippen LogP contribution in [0.25, 0.3) is 0 Å². The molecule has 0 aliphatic heterocycles. The molecule has 162 valence electrons. The van der Waals surface area contributed by atoms with E-state index in [1.165, 1.54) is 0 Å². The van der Waals surface area contributed by atoms with Crippen LogP contribution in [0.15, 0.2) is 0 Å². The molecule has 28 heavy (non-hydrogen) atoms. The number of esters is 1. The molecule has 0 heterocycles. The molecule has 2 amide bonds. The molecule has 1 atom stereocenters. The van der Waals surface area contributed by atoms with Gasteiger partial charge in [-0.2, -0.15) is 4.90 Å². The van der Waals surface area contributed by atoms with E-state index < -0.39 is 59.8 Å². The first-order chi connectivity index (χ1) is 12.4. The molecule has 9 heteroatoms. The van der Waals surface area contributed by atoms with Crippen molar-refractivity contribution in [2.45, 2.75) is 91.6 Å². The molecule has 0 aromatic carbocycles. The van der Waals surface area contributed by atoms with E-state index in [4.69, 9.17) is 19.3 Å². The molecule has 0 aromatic rings. The molecule has 1 N–H and O–H groups in total. The number of imide groups is 1. The predicted octanol–water partition coefficient (Wildman–Crippen LogP) is 2.82. The summed E-state index contributed by atoms with van der Waals surface area (Å²) in [5.41, 5.74) is -2.89. The monoisotopic (exact) mass is 403 g/mol. The average Bonchev–Trinajstić information content (AvgIpc) is 2.40. The van der Waals surface area contributed by atoms with E-state index in [0.717, 1.165) is 0 Å². The largest absolute Gasteiger partial charge is 0.458 e. The first-order valence-corrected chi connectivity index (χ1v) is 8.97. The molecule has 0 spiro atoms. The third-order valence-electron chi connectivity index (χ3n) is 2.77. The smallest absolute Gasteiger partial charge is 0.420 e. The lowest BCUT2D eigenvalue weighted by Crippen LogP contribution is -2.54. The highest BCUT2D eigenvalue weighted by atomic mass is 16.6. The van der Waals surface area contributed by atoms with Crippen molar-refractivity contribution in [3.63, 3.8) is 0 Å². The Labute approximate surface area is 166 Å². The van der Waals surface area contributed by atoms with Crippen molar-refractivity contribution in [2.24, 2.45) is 0 Å². The van der Waals surface area contributed by atoms with Crippen LogP contribution >= 0.6 is 0 Å². The van der Waals surface area contributed by atoms with Gasteiger partial charge in [0.1, 0.15) is 23.4 Å². The van der Waals surface area contributed by atoms with E-state index >= 15 is 0 Å². The van der Waals surface area contributed by atoms with Gasteiger partial charge in [-0.15, -0.1) is 0 Å². The summed E-state index contributed by atoms with van der Waals surface area (Å²) in [6.45, 7) is 13.4. The van der Waals surface area contributed by atoms with Crippen LogP contribution in [0.1, 0.15) is 68.7 Å². The Morgan fingerprint density at radius 2 is 1.11 bits per heavy atom. The number of nitrogens with zero attached hydrogens (tertiary/aromatic N) is 1. The Balaban J connectivity index is 6.10. The third-order valence-corrected chi connectivity index (χ3v) is 2.77. The normalized spacial score (nSPS) is 13.4. The minimum absolute atomic E-state index is 0.429. The van der Waals surface area contributed by atoms with Crippen LogP contribution in [-0.2, 0) is 23.8 Å². The van der Waals surface area contributed by atoms with Gasteiger partial charge in [0.05, 0.1) is 0 Å². The quantitative estimate of drug-likeness (QED) is 0.550. The SMILES string of the molecule is CC(C)(C)OC(=O)[C@H](CC(=O)CO)N(C(=O)OC(C)(C)C)C(=O)OC(C)(C)C. The van der Waals surface area contributed by atoms with E-state index in [-0.39, 0.29) is 0 Å². The standard InChI is InChI=1S/C19H33NO8/c1-17(2,3)26-14(23)13(10-12(22)11-21)20(15(24)27-18(4,5)6)16(25)28-19(7,8)9/h13,21H,10-11H2,1-9H3/t13-/m0/s1. The second kappa shape index (κ2) is 9.36. The number of carbonyl (C=O) groups is 4. The summed E-state index contributed by atoms with van der Waals surface area (Å²) in [6.07, 6.45) is -2.96. The molecule has 0 radical (unpaired) electrons. The molecular weight excluding hydrogens is 370 g/mol. The summed E-state index contributed by atoms with van der Waals surface area (Å²) in [5.74, 6) is -1.75. The van der Waals surface area contributed by atoms with Crippen LogP contribution < -0.4 is 0 Å². The van der Waals surface area contributed by atoms with E-state index in [1.807, 2.05) is 0 Å². The highest BCUT2D eigenvalue weighted by molar-refractivity contribution is 5.97. The number of ketones is 1. The summed E-state index contributed by atoms with van der Waals surface area (Å²) >= 11 is 0. The average molecular weight is 403 g/mol. The van der Waals surface area contributed by atoms with Crippen molar-refractivity contribution < 1.29 is 38.5 Å². The molecule has 9 nitrogen and oxygen atoms in total. The van der Waals surface area contributed by atoms with Gasteiger partial charge in [0, 0.05) is 6.42 Å². The van der Waals surface area contributed by atoms with Gasteiger partial charge >= 0.3 is 18.2 Å². The molecular formula is C19H33NO8. The molecule has 0 aromatic heterocycles. The lowest BCUT2D eigenvalue weighted by atomic mass is 10.1. The maximum atomic E-state index is 12.7. The molecule has 0 fully saturated rings. The van der Waals surface area contributed by atoms with Crippen molar-refractivity contribution in [3.8, 4) is 0 Å². The molecule has 0 aliphatic rings. The fourth-order valence-corrected chi connectivity index (χ4v) is 1.88. The zero-order valence-corrected chi connectivity index (χ0v) is 18.2. The van der Waals surface area contributed by atoms with Crippen molar-refractivity contribution in [1.82, 2.24) is 4.90 Å². The summed E-state index contributed by atoms with van der Waals surface area (Å²) < 4.78 is 15.7. The summed E-state index contributed by atoms with van der Waals surface area (Å²) in [4.78, 5) is 50.3. The Kier molecular flexibility index (Phi) is 8.64. The molecule has 0 unspecified atom stereocenters. The number of hydrogen-bond acceptors (Lipinski definition) is 8. The third kappa shape index (κ3) is 10.2. The summed E-state index contributed by atoms with van der Waals surface area (Å²) in [5, 5.41) is 9.08. The van der Waals surface area contributed by atoms with Crippen molar-refractivity contribution in [1.29, 1.82) is 0 Å². The highest BCUT2D eigenvalue weighted by Gasteiger charge is 2.43. The summed E-state index contributed by atoms with van der Waals surface area (Å²) in [6, 6.07) is -1.65. The van der Waals surface area contributed by atoms with Crippen LogP contribution in [0.4, 0.5) is 9.59 Å². The number of rotatable bonds is 5. The number of aliphatic hydroxyl groups is 1. The van der Waals surface area contributed by atoms with Gasteiger partial charge in [0.15, 0.2) is 11.8 Å². The first-order valence-electron chi connectivity index (χ1n) is 8.97. The molecule has 0 bridgehead atoms. The second-order valence-electron chi connectivity index (χ2n) is 9.28. The van der Waals surface area contributed by atoms with Crippen LogP contribution in [-0.4, -0.2) is 63.4 Å². The highest BCUT2D eigenvalue weighted by Crippen LogP contribution is 2.21. The van der Waals surface area contributed by atoms with Crippen LogP contribution in [0.5, 0.6) is 0 Å². The van der Waals surface area contributed by atoms with E-state index in [2.05, 4.69) is 0 Å². The van der Waals surface area contributed by atoms with Gasteiger partial charge < -0.3 is 19.3 Å². The molecule has 0 saturated carbocycles. The number of aliphatic hydroxyl groups excluding tert-OH is 1. The minimum Gasteiger partial charge on any atom is -0.458 e. The Hall–Kier alpha value is -2.16. The van der Waals surface area contributed by atoms with E-state index in [0.29, 0.717) is 4.90 Å². The number of carbonyl (C=O) groups excluding carboxylic acids is 4. The fourth-order valence-electron chi connectivity index (χ4n) is 1.88. The zero-order chi connectivity index (χ0) is 22.5. The lowest BCUT2D eigenvalue weighted by molar-refractivity contribution is -0.162. The van der Waals surface area contributed by atoms with Crippen molar-refractivity contribution >= 4 is 23.9 Å². The number of Topliss-reactive ketones (excluding diaryl/α,β-unsaturated/α-hetero) is 1. The van der Waals surface area contributed by atoms with E-state index in [9.17, 15) is 19.2 Å². The van der Waals surface area contributed by atoms with Gasteiger partial charge in [-0.25, -0.2) is 14.4 Å².